The molecule has 0 N–H and O–H groups in total. The smallest absolute Gasteiger partial charge is 0.282 e. The maximum Gasteiger partial charge on any atom is 0.282 e. The number of thioether (sulfide) groups is 2. The van der Waals surface area contributed by atoms with Crippen LogP contribution in [0.2, 0.25) is 0 Å². The topological polar surface area (TPSA) is 63.5 Å². The fraction of sp³-hybridized carbons (Fsp3) is 0.562. The summed E-state index contributed by atoms with van der Waals surface area (Å²) in [4.78, 5) is 25.1. The largest absolute Gasteiger partial charge is 0.333 e. The number of nitrogens with zero attached hydrogens (tertiary/aromatic N) is 2. The van der Waals surface area contributed by atoms with Crippen molar-refractivity contribution in [2.75, 3.05) is 18.1 Å². The number of hydrogen-bond acceptors (Lipinski definition) is 5. The van der Waals surface area contributed by atoms with E-state index < -0.39 is 16.6 Å². The molecule has 0 radical (unpaired) electrons. The molecule has 24 heavy (non-hydrogen) atoms. The molecule has 1 aromatic carbocycles. The highest BCUT2D eigenvalue weighted by Crippen LogP contribution is 2.36. The molecule has 1 atom stereocenters. The number of rotatable bonds is 7. The maximum atomic E-state index is 13.6. The Morgan fingerprint density at radius 1 is 1.42 bits per heavy atom. The zero-order valence-corrected chi connectivity index (χ0v) is 15.4. The van der Waals surface area contributed by atoms with Crippen molar-refractivity contribution in [3.05, 3.63) is 39.7 Å². The van der Waals surface area contributed by atoms with Gasteiger partial charge in [-0.05, 0) is 36.5 Å². The highest BCUT2D eigenvalue weighted by atomic mass is 32.2. The number of nitro groups is 1. The molecule has 1 amide bonds. The molecule has 0 spiro atoms. The molecule has 0 saturated carbocycles. The van der Waals surface area contributed by atoms with Crippen molar-refractivity contribution in [2.24, 2.45) is 0 Å². The lowest BCUT2D eigenvalue weighted by Crippen LogP contribution is -2.41. The van der Waals surface area contributed by atoms with E-state index in [0.717, 1.165) is 42.5 Å². The van der Waals surface area contributed by atoms with Crippen molar-refractivity contribution in [1.29, 1.82) is 0 Å². The summed E-state index contributed by atoms with van der Waals surface area (Å²) in [6.07, 6.45) is 1.74. The number of likely N-dealkylation sites (tertiary alicyclic amines) is 1. The molecule has 132 valence electrons. The maximum absolute atomic E-state index is 13.6. The Balaban J connectivity index is 2.31. The second kappa shape index (κ2) is 8.71. The minimum atomic E-state index is -0.637. The zero-order valence-electron chi connectivity index (χ0n) is 13.7. The van der Waals surface area contributed by atoms with Gasteiger partial charge in [0.05, 0.1) is 15.5 Å². The molecule has 8 heteroatoms. The Morgan fingerprint density at radius 2 is 2.08 bits per heavy atom. The molecule has 1 saturated heterocycles. The quantitative estimate of drug-likeness (QED) is 0.408. The first kappa shape index (κ1) is 19.1. The van der Waals surface area contributed by atoms with Crippen LogP contribution in [0.15, 0.2) is 18.2 Å². The first-order chi connectivity index (χ1) is 11.5. The molecule has 5 nitrogen and oxygen atoms in total. The van der Waals surface area contributed by atoms with Crippen LogP contribution in [0.4, 0.5) is 10.1 Å². The summed E-state index contributed by atoms with van der Waals surface area (Å²) < 4.78 is 13.8. The molecule has 1 fully saturated rings. The van der Waals surface area contributed by atoms with Crippen molar-refractivity contribution in [2.45, 2.75) is 37.3 Å². The summed E-state index contributed by atoms with van der Waals surface area (Å²) in [5.41, 5.74) is -0.497. The van der Waals surface area contributed by atoms with Gasteiger partial charge >= 0.3 is 0 Å². The molecule has 1 unspecified atom stereocenters. The minimum absolute atomic E-state index is 0.0234. The van der Waals surface area contributed by atoms with E-state index in [1.165, 1.54) is 0 Å². The Bertz CT molecular complexity index is 609. The molecular formula is C16H21FN2O3S2. The Morgan fingerprint density at radius 3 is 2.67 bits per heavy atom. The molecule has 1 aliphatic rings. The van der Waals surface area contributed by atoms with Crippen molar-refractivity contribution in [3.8, 4) is 0 Å². The summed E-state index contributed by atoms with van der Waals surface area (Å²) in [6.45, 7) is 4.71. The zero-order chi connectivity index (χ0) is 17.7. The Kier molecular flexibility index (Phi) is 6.91. The number of benzene rings is 1. The summed E-state index contributed by atoms with van der Waals surface area (Å²) >= 11 is 3.58. The van der Waals surface area contributed by atoms with E-state index in [-0.39, 0.29) is 21.9 Å². The van der Waals surface area contributed by atoms with Crippen LogP contribution >= 0.6 is 23.5 Å². The minimum Gasteiger partial charge on any atom is -0.333 e. The standard InChI is InChI=1S/C16H21FN2O3S2/c1-3-23-16(24-4-2)14-6-5-9-18(14)15(20)12-10-11(17)7-8-13(12)19(21)22/h7-8,10,14,16H,3-6,9H2,1-2H3. The van der Waals surface area contributed by atoms with E-state index in [0.29, 0.717) is 6.54 Å². The number of carbonyl (C=O) groups excluding carboxylic acids is 1. The third kappa shape index (κ3) is 4.22. The van der Waals surface area contributed by atoms with Crippen LogP contribution in [-0.2, 0) is 0 Å². The molecule has 0 bridgehead atoms. The summed E-state index contributed by atoms with van der Waals surface area (Å²) in [5.74, 6) is 0.802. The number of nitro benzene ring substituents is 1. The SMILES string of the molecule is CCSC(SCC)C1CCCN1C(=O)c1cc(F)ccc1[N+](=O)[O-]. The monoisotopic (exact) mass is 372 g/mol. The Hall–Kier alpha value is -1.28. The van der Waals surface area contributed by atoms with Gasteiger partial charge in [-0.1, -0.05) is 13.8 Å². The van der Waals surface area contributed by atoms with Crippen LogP contribution in [0.3, 0.4) is 0 Å². The second-order valence-corrected chi connectivity index (χ2v) is 8.54. The first-order valence-electron chi connectivity index (χ1n) is 7.97. The summed E-state index contributed by atoms with van der Waals surface area (Å²) in [6, 6.07) is 3.08. The third-order valence-electron chi connectivity index (χ3n) is 3.92. The van der Waals surface area contributed by atoms with Crippen LogP contribution in [0.1, 0.15) is 37.0 Å². The van der Waals surface area contributed by atoms with Gasteiger partial charge in [0.1, 0.15) is 11.4 Å². The van der Waals surface area contributed by atoms with E-state index >= 15 is 0 Å². The van der Waals surface area contributed by atoms with Crippen LogP contribution in [0, 0.1) is 15.9 Å². The highest BCUT2D eigenvalue weighted by Gasteiger charge is 2.37. The van der Waals surface area contributed by atoms with Crippen LogP contribution in [0.5, 0.6) is 0 Å². The summed E-state index contributed by atoms with van der Waals surface area (Å²) in [7, 11) is 0. The average molecular weight is 372 g/mol. The van der Waals surface area contributed by atoms with Gasteiger partial charge in [-0.2, -0.15) is 0 Å². The van der Waals surface area contributed by atoms with Crippen molar-refractivity contribution in [3.63, 3.8) is 0 Å². The van der Waals surface area contributed by atoms with E-state index in [1.54, 1.807) is 28.4 Å². The second-order valence-electron chi connectivity index (χ2n) is 5.41. The molecule has 1 aliphatic heterocycles. The van der Waals surface area contributed by atoms with E-state index in [4.69, 9.17) is 0 Å². The van der Waals surface area contributed by atoms with Crippen LogP contribution < -0.4 is 0 Å². The molecule has 2 rings (SSSR count). The first-order valence-corrected chi connectivity index (χ1v) is 10.1. The van der Waals surface area contributed by atoms with E-state index in [9.17, 15) is 19.3 Å². The van der Waals surface area contributed by atoms with Gasteiger partial charge in [0.15, 0.2) is 0 Å². The van der Waals surface area contributed by atoms with Crippen molar-refractivity contribution < 1.29 is 14.1 Å². The Labute approximate surface area is 149 Å². The molecule has 1 aromatic rings. The lowest BCUT2D eigenvalue weighted by molar-refractivity contribution is -0.385. The fourth-order valence-electron chi connectivity index (χ4n) is 2.92. The molecule has 1 heterocycles. The van der Waals surface area contributed by atoms with Gasteiger partial charge < -0.3 is 4.90 Å². The average Bonchev–Trinajstić information content (AvgIpc) is 3.03. The molecular weight excluding hydrogens is 351 g/mol. The van der Waals surface area contributed by atoms with Gasteiger partial charge in [0, 0.05) is 12.6 Å². The summed E-state index contributed by atoms with van der Waals surface area (Å²) in [5, 5.41) is 11.2. The van der Waals surface area contributed by atoms with Gasteiger partial charge in [-0.25, -0.2) is 4.39 Å². The van der Waals surface area contributed by atoms with Gasteiger partial charge in [0.2, 0.25) is 0 Å². The van der Waals surface area contributed by atoms with Gasteiger partial charge in [-0.15, -0.1) is 23.5 Å². The predicted molar refractivity (Wildman–Crippen MR) is 97.2 cm³/mol. The third-order valence-corrected chi connectivity index (χ3v) is 6.69. The molecule has 0 aromatic heterocycles. The fourth-order valence-corrected chi connectivity index (χ4v) is 5.79. The number of carbonyl (C=O) groups is 1. The lowest BCUT2D eigenvalue weighted by atomic mass is 10.1. The van der Waals surface area contributed by atoms with Crippen LogP contribution in [-0.4, -0.2) is 44.4 Å². The normalized spacial score (nSPS) is 17.5. The lowest BCUT2D eigenvalue weighted by Gasteiger charge is -2.30. The van der Waals surface area contributed by atoms with Gasteiger partial charge in [-0.3, -0.25) is 14.9 Å². The number of halogens is 1. The highest BCUT2D eigenvalue weighted by molar-refractivity contribution is 8.17. The van der Waals surface area contributed by atoms with Gasteiger partial charge in [0.25, 0.3) is 11.6 Å². The van der Waals surface area contributed by atoms with Crippen LogP contribution in [0.25, 0.3) is 0 Å². The number of hydrogen-bond donors (Lipinski definition) is 0. The predicted octanol–water partition coefficient (Wildman–Crippen LogP) is 4.17. The number of amides is 1. The van der Waals surface area contributed by atoms with Crippen molar-refractivity contribution >= 4 is 35.1 Å². The van der Waals surface area contributed by atoms with E-state index in [2.05, 4.69) is 13.8 Å². The van der Waals surface area contributed by atoms with E-state index in [1.807, 2.05) is 0 Å². The molecule has 0 aliphatic carbocycles. The van der Waals surface area contributed by atoms with Crippen molar-refractivity contribution in [1.82, 2.24) is 4.90 Å².